The quantitative estimate of drug-likeness (QED) is 0.254. The molecule has 0 radical (unpaired) electrons. The molecule has 3 aromatic heterocycles. The first kappa shape index (κ1) is 26.8. The SMILES string of the molecule is N#Cc1ccc(CNC(=O)[C@@H](CC2CCCCC2)Nc2cc(-n3cccc3)nc(NCc3cnccn3)n2)cc1. The fourth-order valence-electron chi connectivity index (χ4n) is 4.97. The maximum atomic E-state index is 13.5. The Hall–Kier alpha value is -4.78. The van der Waals surface area contributed by atoms with Crippen LogP contribution in [0.1, 0.15) is 55.3 Å². The third kappa shape index (κ3) is 7.41. The van der Waals surface area contributed by atoms with Gasteiger partial charge in [0.2, 0.25) is 11.9 Å². The second kappa shape index (κ2) is 13.3. The average molecular weight is 536 g/mol. The van der Waals surface area contributed by atoms with Crippen LogP contribution in [0.25, 0.3) is 5.82 Å². The van der Waals surface area contributed by atoms with E-state index in [0.717, 1.165) is 30.5 Å². The summed E-state index contributed by atoms with van der Waals surface area (Å²) in [5.41, 5.74) is 2.30. The summed E-state index contributed by atoms with van der Waals surface area (Å²) in [5.74, 6) is 2.07. The topological polar surface area (TPSA) is 133 Å². The zero-order valence-corrected chi connectivity index (χ0v) is 22.3. The molecule has 3 N–H and O–H groups in total. The Morgan fingerprint density at radius 2 is 1.85 bits per heavy atom. The first-order valence-corrected chi connectivity index (χ1v) is 13.7. The van der Waals surface area contributed by atoms with Gasteiger partial charge in [0.15, 0.2) is 0 Å². The Kier molecular flexibility index (Phi) is 8.94. The molecule has 0 aliphatic heterocycles. The van der Waals surface area contributed by atoms with E-state index in [2.05, 4.69) is 37.0 Å². The fraction of sp³-hybridized carbons (Fsp3) is 0.333. The number of carbonyl (C=O) groups excluding carboxylic acids is 1. The molecule has 0 saturated heterocycles. The van der Waals surface area contributed by atoms with Gasteiger partial charge in [0.05, 0.1) is 30.1 Å². The van der Waals surface area contributed by atoms with Crippen molar-refractivity contribution in [1.29, 1.82) is 5.26 Å². The summed E-state index contributed by atoms with van der Waals surface area (Å²) in [6.07, 6.45) is 15.5. The third-order valence-electron chi connectivity index (χ3n) is 7.11. The van der Waals surface area contributed by atoms with E-state index in [0.29, 0.717) is 42.2 Å². The minimum absolute atomic E-state index is 0.0786. The number of nitrogens with one attached hydrogen (secondary N) is 3. The Morgan fingerprint density at radius 3 is 2.58 bits per heavy atom. The summed E-state index contributed by atoms with van der Waals surface area (Å²) in [5, 5.41) is 18.8. The van der Waals surface area contributed by atoms with Crippen LogP contribution < -0.4 is 16.0 Å². The number of hydrogen-bond acceptors (Lipinski definition) is 8. The number of rotatable bonds is 11. The number of nitrogens with zero attached hydrogens (tertiary/aromatic N) is 6. The molecule has 40 heavy (non-hydrogen) atoms. The molecule has 3 heterocycles. The van der Waals surface area contributed by atoms with Gasteiger partial charge in [0, 0.05) is 37.4 Å². The van der Waals surface area contributed by atoms with Gasteiger partial charge in [-0.15, -0.1) is 0 Å². The van der Waals surface area contributed by atoms with Crippen molar-refractivity contribution in [2.75, 3.05) is 10.6 Å². The normalized spacial score (nSPS) is 14.2. The van der Waals surface area contributed by atoms with Crippen molar-refractivity contribution in [3.05, 3.63) is 90.3 Å². The second-order valence-electron chi connectivity index (χ2n) is 10.0. The first-order valence-electron chi connectivity index (χ1n) is 13.7. The standard InChI is InChI=1S/C30H33N9O/c31-18-23-8-10-24(11-9-23)19-34-29(40)26(16-22-6-2-1-3-7-22)36-27-17-28(39-14-4-5-15-39)38-30(37-27)35-21-25-20-32-12-13-33-25/h4-5,8-15,17,20,22,26H,1-3,6-7,16,19,21H2,(H,34,40)(H2,35,36,37,38)/t26-/m1/s1. The molecular formula is C30H33N9O. The van der Waals surface area contributed by atoms with Gasteiger partial charge in [-0.1, -0.05) is 44.2 Å². The monoisotopic (exact) mass is 535 g/mol. The zero-order valence-electron chi connectivity index (χ0n) is 22.3. The molecular weight excluding hydrogens is 502 g/mol. The lowest BCUT2D eigenvalue weighted by Crippen LogP contribution is -2.41. The van der Waals surface area contributed by atoms with Crippen LogP contribution in [0.3, 0.4) is 0 Å². The Balaban J connectivity index is 1.35. The van der Waals surface area contributed by atoms with Gasteiger partial charge in [-0.2, -0.15) is 15.2 Å². The van der Waals surface area contributed by atoms with E-state index >= 15 is 0 Å². The van der Waals surface area contributed by atoms with E-state index in [1.165, 1.54) is 19.3 Å². The van der Waals surface area contributed by atoms with Crippen LogP contribution in [-0.4, -0.2) is 36.5 Å². The highest BCUT2D eigenvalue weighted by Crippen LogP contribution is 2.28. The van der Waals surface area contributed by atoms with Crippen molar-refractivity contribution >= 4 is 17.7 Å². The summed E-state index contributed by atoms with van der Waals surface area (Å²) in [6.45, 7) is 0.801. The van der Waals surface area contributed by atoms with Gasteiger partial charge >= 0.3 is 0 Å². The molecule has 10 heteroatoms. The molecule has 5 rings (SSSR count). The Labute approximate surface area is 233 Å². The van der Waals surface area contributed by atoms with E-state index in [9.17, 15) is 4.79 Å². The summed E-state index contributed by atoms with van der Waals surface area (Å²) < 4.78 is 1.90. The number of nitriles is 1. The lowest BCUT2D eigenvalue weighted by molar-refractivity contribution is -0.122. The predicted molar refractivity (Wildman–Crippen MR) is 152 cm³/mol. The zero-order chi connectivity index (χ0) is 27.6. The molecule has 1 atom stereocenters. The van der Waals surface area contributed by atoms with Crippen LogP contribution in [0.2, 0.25) is 0 Å². The fourth-order valence-corrected chi connectivity index (χ4v) is 4.97. The average Bonchev–Trinajstić information content (AvgIpc) is 3.55. The number of amides is 1. The Bertz CT molecular complexity index is 1410. The van der Waals surface area contributed by atoms with Crippen LogP contribution in [0.4, 0.5) is 11.8 Å². The smallest absolute Gasteiger partial charge is 0.242 e. The molecule has 0 spiro atoms. The van der Waals surface area contributed by atoms with Crippen molar-refractivity contribution < 1.29 is 4.79 Å². The lowest BCUT2D eigenvalue weighted by Gasteiger charge is -2.27. The molecule has 4 aromatic rings. The minimum atomic E-state index is -0.457. The van der Waals surface area contributed by atoms with E-state index in [1.807, 2.05) is 47.3 Å². The first-order chi connectivity index (χ1) is 19.7. The van der Waals surface area contributed by atoms with Crippen molar-refractivity contribution in [3.8, 4) is 11.9 Å². The number of benzene rings is 1. The van der Waals surface area contributed by atoms with Gasteiger partial charge in [0.25, 0.3) is 0 Å². The minimum Gasteiger partial charge on any atom is -0.358 e. The molecule has 1 aliphatic rings. The van der Waals surface area contributed by atoms with Gasteiger partial charge in [-0.3, -0.25) is 14.8 Å². The van der Waals surface area contributed by atoms with E-state index in [4.69, 9.17) is 10.2 Å². The molecule has 10 nitrogen and oxygen atoms in total. The molecule has 1 aromatic carbocycles. The van der Waals surface area contributed by atoms with Gasteiger partial charge in [-0.05, 0) is 42.2 Å². The number of anilines is 2. The van der Waals surface area contributed by atoms with Crippen LogP contribution >= 0.6 is 0 Å². The van der Waals surface area contributed by atoms with Crippen molar-refractivity contribution in [2.24, 2.45) is 5.92 Å². The largest absolute Gasteiger partial charge is 0.358 e. The van der Waals surface area contributed by atoms with E-state index < -0.39 is 6.04 Å². The highest BCUT2D eigenvalue weighted by atomic mass is 16.2. The highest BCUT2D eigenvalue weighted by Gasteiger charge is 2.25. The molecule has 1 saturated carbocycles. The predicted octanol–water partition coefficient (Wildman–Crippen LogP) is 4.61. The van der Waals surface area contributed by atoms with Gasteiger partial charge in [-0.25, -0.2) is 0 Å². The van der Waals surface area contributed by atoms with Crippen LogP contribution in [-0.2, 0) is 17.9 Å². The number of carbonyl (C=O) groups is 1. The molecule has 1 aliphatic carbocycles. The Morgan fingerprint density at radius 1 is 1.05 bits per heavy atom. The highest BCUT2D eigenvalue weighted by molar-refractivity contribution is 5.84. The summed E-state index contributed by atoms with van der Waals surface area (Å²) >= 11 is 0. The third-order valence-corrected chi connectivity index (χ3v) is 7.11. The maximum absolute atomic E-state index is 13.5. The maximum Gasteiger partial charge on any atom is 0.242 e. The molecule has 1 amide bonds. The number of hydrogen-bond donors (Lipinski definition) is 3. The molecule has 1 fully saturated rings. The molecule has 204 valence electrons. The van der Waals surface area contributed by atoms with Crippen LogP contribution in [0, 0.1) is 17.2 Å². The van der Waals surface area contributed by atoms with Crippen LogP contribution in [0.5, 0.6) is 0 Å². The second-order valence-corrected chi connectivity index (χ2v) is 10.0. The van der Waals surface area contributed by atoms with Crippen LogP contribution in [0.15, 0.2) is 73.4 Å². The van der Waals surface area contributed by atoms with E-state index in [-0.39, 0.29) is 5.91 Å². The van der Waals surface area contributed by atoms with Crippen molar-refractivity contribution in [2.45, 2.75) is 57.7 Å². The van der Waals surface area contributed by atoms with Gasteiger partial charge in [0.1, 0.15) is 17.7 Å². The number of aromatic nitrogens is 5. The van der Waals surface area contributed by atoms with Gasteiger partial charge < -0.3 is 20.5 Å². The molecule has 0 unspecified atom stereocenters. The summed E-state index contributed by atoms with van der Waals surface area (Å²) in [4.78, 5) is 31.3. The lowest BCUT2D eigenvalue weighted by atomic mass is 9.84. The van der Waals surface area contributed by atoms with Crippen molar-refractivity contribution in [3.63, 3.8) is 0 Å². The van der Waals surface area contributed by atoms with E-state index in [1.54, 1.807) is 30.7 Å². The summed E-state index contributed by atoms with van der Waals surface area (Å²) in [6, 6.07) is 14.7. The molecule has 0 bridgehead atoms. The van der Waals surface area contributed by atoms with Crippen molar-refractivity contribution in [1.82, 2.24) is 29.8 Å². The summed E-state index contributed by atoms with van der Waals surface area (Å²) in [7, 11) is 0.